The van der Waals surface area contributed by atoms with Crippen LogP contribution < -0.4 is 10.1 Å². The highest BCUT2D eigenvalue weighted by atomic mass is 35.5. The summed E-state index contributed by atoms with van der Waals surface area (Å²) in [6.07, 6.45) is 3.57. The Kier molecular flexibility index (Phi) is 5.46. The van der Waals surface area contributed by atoms with Gasteiger partial charge in [0.1, 0.15) is 5.75 Å². The topological polar surface area (TPSA) is 51.2 Å². The molecule has 0 atom stereocenters. The molecular formula is C18H15ClN2O2S. The minimum absolute atomic E-state index is 0.0420. The molecule has 0 saturated heterocycles. The van der Waals surface area contributed by atoms with Crippen LogP contribution >= 0.6 is 22.9 Å². The summed E-state index contributed by atoms with van der Waals surface area (Å²) in [6, 6.07) is 13.0. The lowest BCUT2D eigenvalue weighted by Gasteiger charge is -2.08. The summed E-state index contributed by atoms with van der Waals surface area (Å²) in [7, 11) is 0. The highest BCUT2D eigenvalue weighted by Gasteiger charge is 2.05. The molecule has 0 bridgehead atoms. The van der Waals surface area contributed by atoms with Crippen molar-refractivity contribution >= 4 is 28.8 Å². The molecule has 0 fully saturated rings. The molecule has 0 unspecified atom stereocenters. The van der Waals surface area contributed by atoms with Crippen LogP contribution in [0.1, 0.15) is 5.56 Å². The lowest BCUT2D eigenvalue weighted by molar-refractivity contribution is -0.123. The predicted molar refractivity (Wildman–Crippen MR) is 96.3 cm³/mol. The number of rotatable bonds is 6. The van der Waals surface area contributed by atoms with E-state index >= 15 is 0 Å². The Labute approximate surface area is 149 Å². The van der Waals surface area contributed by atoms with E-state index in [-0.39, 0.29) is 12.5 Å². The zero-order valence-electron chi connectivity index (χ0n) is 12.7. The molecule has 1 aromatic carbocycles. The van der Waals surface area contributed by atoms with E-state index in [9.17, 15) is 4.79 Å². The fourth-order valence-electron chi connectivity index (χ4n) is 2.09. The first kappa shape index (κ1) is 16.5. The summed E-state index contributed by atoms with van der Waals surface area (Å²) >= 11 is 7.46. The number of nitrogens with zero attached hydrogens (tertiary/aromatic N) is 1. The number of carbonyl (C=O) groups excluding carboxylic acids is 1. The van der Waals surface area contributed by atoms with E-state index in [4.69, 9.17) is 16.3 Å². The maximum atomic E-state index is 11.9. The van der Waals surface area contributed by atoms with Gasteiger partial charge in [0.05, 0.1) is 0 Å². The van der Waals surface area contributed by atoms with Crippen LogP contribution in [-0.2, 0) is 11.3 Å². The number of amides is 1. The molecule has 0 radical (unpaired) electrons. The fourth-order valence-corrected chi connectivity index (χ4v) is 2.93. The maximum absolute atomic E-state index is 11.9. The first-order valence-corrected chi connectivity index (χ1v) is 8.59. The molecule has 6 heteroatoms. The average molecular weight is 359 g/mol. The quantitative estimate of drug-likeness (QED) is 0.719. The minimum Gasteiger partial charge on any atom is -0.484 e. The van der Waals surface area contributed by atoms with Crippen LogP contribution in [0.25, 0.3) is 10.4 Å². The number of thiophene rings is 1. The molecule has 1 N–H and O–H groups in total. The van der Waals surface area contributed by atoms with Gasteiger partial charge < -0.3 is 10.1 Å². The molecule has 0 aliphatic heterocycles. The highest BCUT2D eigenvalue weighted by molar-refractivity contribution is 7.13. The smallest absolute Gasteiger partial charge is 0.258 e. The maximum Gasteiger partial charge on any atom is 0.258 e. The Morgan fingerprint density at radius 2 is 2.04 bits per heavy atom. The van der Waals surface area contributed by atoms with Crippen LogP contribution in [-0.4, -0.2) is 17.5 Å². The minimum atomic E-state index is -0.188. The third kappa shape index (κ3) is 4.57. The molecule has 3 aromatic rings. The van der Waals surface area contributed by atoms with Crippen LogP contribution in [0, 0.1) is 0 Å². The standard InChI is InChI=1S/C18H15ClN2O2S/c19-15-3-5-16(6-4-15)23-12-18(22)21-10-13-8-14(11-20-9-13)17-2-1-7-24-17/h1-9,11H,10,12H2,(H,21,22). The Hall–Kier alpha value is -2.37. The number of hydrogen-bond acceptors (Lipinski definition) is 4. The van der Waals surface area contributed by atoms with E-state index < -0.39 is 0 Å². The van der Waals surface area contributed by atoms with Crippen LogP contribution in [0.15, 0.2) is 60.2 Å². The summed E-state index contributed by atoms with van der Waals surface area (Å²) in [5.41, 5.74) is 2.00. The van der Waals surface area contributed by atoms with Crippen LogP contribution in [0.2, 0.25) is 5.02 Å². The molecule has 24 heavy (non-hydrogen) atoms. The third-order valence-electron chi connectivity index (χ3n) is 3.27. The fraction of sp³-hybridized carbons (Fsp3) is 0.111. The van der Waals surface area contributed by atoms with E-state index in [1.54, 1.807) is 41.8 Å². The van der Waals surface area contributed by atoms with Crippen molar-refractivity contribution in [2.24, 2.45) is 0 Å². The molecule has 0 saturated carbocycles. The number of nitrogens with one attached hydrogen (secondary N) is 1. The number of benzene rings is 1. The van der Waals surface area contributed by atoms with Gasteiger partial charge in [0.15, 0.2) is 6.61 Å². The number of hydrogen-bond donors (Lipinski definition) is 1. The van der Waals surface area contributed by atoms with Gasteiger partial charge in [0.2, 0.25) is 0 Å². The zero-order chi connectivity index (χ0) is 16.8. The summed E-state index contributed by atoms with van der Waals surface area (Å²) in [5.74, 6) is 0.419. The van der Waals surface area contributed by atoms with Gasteiger partial charge in [-0.1, -0.05) is 17.7 Å². The van der Waals surface area contributed by atoms with E-state index in [2.05, 4.69) is 10.3 Å². The molecule has 1 amide bonds. The molecule has 0 spiro atoms. The van der Waals surface area contributed by atoms with Gasteiger partial charge in [0.25, 0.3) is 5.91 Å². The van der Waals surface area contributed by atoms with E-state index in [1.165, 1.54) is 0 Å². The van der Waals surface area contributed by atoms with Crippen molar-refractivity contribution in [1.29, 1.82) is 0 Å². The average Bonchev–Trinajstić information content (AvgIpc) is 3.14. The summed E-state index contributed by atoms with van der Waals surface area (Å²) in [4.78, 5) is 17.3. The SMILES string of the molecule is O=C(COc1ccc(Cl)cc1)NCc1cncc(-c2cccs2)c1. The summed E-state index contributed by atoms with van der Waals surface area (Å²) in [5, 5.41) is 5.48. The number of ether oxygens (including phenoxy) is 1. The Morgan fingerprint density at radius 1 is 1.21 bits per heavy atom. The molecule has 0 aliphatic rings. The molecule has 0 aliphatic carbocycles. The summed E-state index contributed by atoms with van der Waals surface area (Å²) in [6.45, 7) is 0.370. The monoisotopic (exact) mass is 358 g/mol. The van der Waals surface area contributed by atoms with Gasteiger partial charge in [-0.15, -0.1) is 11.3 Å². The van der Waals surface area contributed by atoms with Gasteiger partial charge >= 0.3 is 0 Å². The summed E-state index contributed by atoms with van der Waals surface area (Å²) < 4.78 is 5.41. The van der Waals surface area contributed by atoms with Crippen LogP contribution in [0.3, 0.4) is 0 Å². The van der Waals surface area contributed by atoms with Gasteiger partial charge in [-0.25, -0.2) is 0 Å². The van der Waals surface area contributed by atoms with E-state index in [1.807, 2.05) is 29.8 Å². The Bertz CT molecular complexity index is 804. The molecule has 4 nitrogen and oxygen atoms in total. The van der Waals surface area contributed by atoms with Crippen LogP contribution in [0.5, 0.6) is 5.75 Å². The Balaban J connectivity index is 1.51. The van der Waals surface area contributed by atoms with Crippen LogP contribution in [0.4, 0.5) is 0 Å². The van der Waals surface area contributed by atoms with Gasteiger partial charge in [-0.3, -0.25) is 9.78 Å². The molecular weight excluding hydrogens is 344 g/mol. The largest absolute Gasteiger partial charge is 0.484 e. The number of pyridine rings is 1. The van der Waals surface area contributed by atoms with Gasteiger partial charge in [0, 0.05) is 34.4 Å². The predicted octanol–water partition coefficient (Wildman–Crippen LogP) is 4.16. The van der Waals surface area contributed by atoms with Crippen molar-refractivity contribution in [3.8, 4) is 16.2 Å². The lowest BCUT2D eigenvalue weighted by atomic mass is 10.2. The van der Waals surface area contributed by atoms with Crippen molar-refractivity contribution in [2.45, 2.75) is 6.54 Å². The molecule has 3 rings (SSSR count). The second-order valence-electron chi connectivity index (χ2n) is 5.08. The number of aromatic nitrogens is 1. The van der Waals surface area contributed by atoms with E-state index in [0.29, 0.717) is 17.3 Å². The first-order valence-electron chi connectivity index (χ1n) is 7.33. The number of carbonyl (C=O) groups is 1. The van der Waals surface area contributed by atoms with Gasteiger partial charge in [-0.2, -0.15) is 0 Å². The Morgan fingerprint density at radius 3 is 2.79 bits per heavy atom. The number of halogens is 1. The molecule has 2 aromatic heterocycles. The first-order chi connectivity index (χ1) is 11.7. The molecule has 122 valence electrons. The van der Waals surface area contributed by atoms with Crippen molar-refractivity contribution in [3.05, 3.63) is 70.8 Å². The second-order valence-corrected chi connectivity index (χ2v) is 6.46. The van der Waals surface area contributed by atoms with Crippen molar-refractivity contribution in [3.63, 3.8) is 0 Å². The van der Waals surface area contributed by atoms with Crippen molar-refractivity contribution in [1.82, 2.24) is 10.3 Å². The normalized spacial score (nSPS) is 10.4. The lowest BCUT2D eigenvalue weighted by Crippen LogP contribution is -2.28. The third-order valence-corrected chi connectivity index (χ3v) is 4.44. The van der Waals surface area contributed by atoms with Crippen molar-refractivity contribution < 1.29 is 9.53 Å². The highest BCUT2D eigenvalue weighted by Crippen LogP contribution is 2.24. The second kappa shape index (κ2) is 7.95. The van der Waals surface area contributed by atoms with Gasteiger partial charge in [-0.05, 0) is 47.3 Å². The zero-order valence-corrected chi connectivity index (χ0v) is 14.3. The van der Waals surface area contributed by atoms with Crippen molar-refractivity contribution in [2.75, 3.05) is 6.61 Å². The van der Waals surface area contributed by atoms with E-state index in [0.717, 1.165) is 16.0 Å². The molecule has 2 heterocycles.